The lowest BCUT2D eigenvalue weighted by molar-refractivity contribution is -0.157. The van der Waals surface area contributed by atoms with Crippen LogP contribution in [0.2, 0.25) is 5.02 Å². The Kier molecular flexibility index (Phi) is 9.48. The Balaban J connectivity index is 1.61. The van der Waals surface area contributed by atoms with Crippen LogP contribution in [0, 0.1) is 0 Å². The molecule has 0 saturated heterocycles. The third kappa shape index (κ3) is 6.89. The molecule has 3 heterocycles. The van der Waals surface area contributed by atoms with Crippen molar-refractivity contribution >= 4 is 34.7 Å². The molecule has 0 spiro atoms. The lowest BCUT2D eigenvalue weighted by atomic mass is 9.95. The summed E-state index contributed by atoms with van der Waals surface area (Å²) in [5, 5.41) is 12.3. The van der Waals surface area contributed by atoms with Gasteiger partial charge < -0.3 is 29.4 Å². The fourth-order valence-electron chi connectivity index (χ4n) is 4.20. The van der Waals surface area contributed by atoms with Crippen LogP contribution in [0.3, 0.4) is 0 Å². The molecular weight excluding hydrogens is 581 g/mol. The van der Waals surface area contributed by atoms with Gasteiger partial charge in [-0.2, -0.15) is 13.2 Å². The molecule has 1 aliphatic rings. The van der Waals surface area contributed by atoms with Gasteiger partial charge in [0, 0.05) is 56.1 Å². The number of hydrogen-bond acceptors (Lipinski definition) is 9. The van der Waals surface area contributed by atoms with Gasteiger partial charge in [0.25, 0.3) is 5.91 Å². The van der Waals surface area contributed by atoms with Crippen molar-refractivity contribution in [3.63, 3.8) is 0 Å². The van der Waals surface area contributed by atoms with Gasteiger partial charge in [0.15, 0.2) is 0 Å². The number of halogens is 4. The Morgan fingerprint density at radius 1 is 1.17 bits per heavy atom. The number of benzene rings is 1. The third-order valence-electron chi connectivity index (χ3n) is 6.23. The van der Waals surface area contributed by atoms with Crippen LogP contribution in [-0.4, -0.2) is 72.4 Å². The molecular formula is C27H26ClF3N6O5. The van der Waals surface area contributed by atoms with Gasteiger partial charge in [0.05, 0.1) is 19.0 Å². The first kappa shape index (κ1) is 30.5. The summed E-state index contributed by atoms with van der Waals surface area (Å²) >= 11 is 6.24. The van der Waals surface area contributed by atoms with Crippen LogP contribution < -0.4 is 10.6 Å². The molecule has 2 amide bonds. The van der Waals surface area contributed by atoms with Gasteiger partial charge in [-0.15, -0.1) is 10.2 Å². The summed E-state index contributed by atoms with van der Waals surface area (Å²) < 4.78 is 55.1. The highest BCUT2D eigenvalue weighted by atomic mass is 35.5. The van der Waals surface area contributed by atoms with E-state index in [0.717, 1.165) is 0 Å². The zero-order valence-electron chi connectivity index (χ0n) is 22.7. The minimum absolute atomic E-state index is 0.198. The third-order valence-corrected chi connectivity index (χ3v) is 6.47. The van der Waals surface area contributed by atoms with Crippen LogP contribution in [-0.2, 0) is 20.4 Å². The van der Waals surface area contributed by atoms with Gasteiger partial charge in [-0.1, -0.05) is 17.7 Å². The van der Waals surface area contributed by atoms with Gasteiger partial charge >= 0.3 is 12.1 Å². The van der Waals surface area contributed by atoms with Gasteiger partial charge in [-0.3, -0.25) is 9.59 Å². The number of carbonyl (C=O) groups excluding carboxylic acids is 2. The second-order valence-corrected chi connectivity index (χ2v) is 9.35. The molecule has 11 nitrogen and oxygen atoms in total. The van der Waals surface area contributed by atoms with E-state index < -0.39 is 18.1 Å². The molecule has 4 rings (SSSR count). The summed E-state index contributed by atoms with van der Waals surface area (Å²) in [6.45, 7) is 0.494. The van der Waals surface area contributed by atoms with Crippen LogP contribution in [0.25, 0.3) is 17.0 Å². The van der Waals surface area contributed by atoms with Crippen LogP contribution in [0.5, 0.6) is 0 Å². The lowest BCUT2D eigenvalue weighted by Crippen LogP contribution is -2.43. The quantitative estimate of drug-likeness (QED) is 0.345. The Morgan fingerprint density at radius 2 is 1.95 bits per heavy atom. The van der Waals surface area contributed by atoms with Crippen LogP contribution in [0.4, 0.5) is 18.9 Å². The number of aromatic nitrogens is 3. The normalized spacial score (nSPS) is 14.1. The maximum absolute atomic E-state index is 13.4. The number of methoxy groups -OCH3 is 2. The first-order valence-electron chi connectivity index (χ1n) is 12.5. The average Bonchev–Trinajstić information content (AvgIpc) is 3.48. The van der Waals surface area contributed by atoms with Crippen molar-refractivity contribution in [2.45, 2.75) is 18.6 Å². The number of nitrogens with zero attached hydrogens (tertiary/aromatic N) is 4. The number of anilines is 1. The fraction of sp³-hybridized carbons (Fsp3) is 0.296. The minimum Gasteiger partial charge on any atom is -0.495 e. The molecule has 1 aliphatic heterocycles. The molecule has 0 fully saturated rings. The van der Waals surface area contributed by atoms with E-state index in [2.05, 4.69) is 25.8 Å². The smallest absolute Gasteiger partial charge is 0.470 e. The van der Waals surface area contributed by atoms with Crippen molar-refractivity contribution in [1.29, 1.82) is 0 Å². The predicted octanol–water partition coefficient (Wildman–Crippen LogP) is 4.39. The Morgan fingerprint density at radius 3 is 2.57 bits per heavy atom. The maximum Gasteiger partial charge on any atom is 0.470 e. The molecule has 222 valence electrons. The maximum atomic E-state index is 13.4. The number of allylic oxidation sites excluding steroid dienone is 1. The molecule has 3 aromatic rings. The highest BCUT2D eigenvalue weighted by molar-refractivity contribution is 6.31. The molecule has 2 N–H and O–H groups in total. The van der Waals surface area contributed by atoms with E-state index in [0.29, 0.717) is 34.0 Å². The first-order chi connectivity index (χ1) is 20.0. The number of rotatable bonds is 10. The number of alkyl halides is 3. The van der Waals surface area contributed by atoms with Crippen molar-refractivity contribution in [3.05, 3.63) is 76.7 Å². The summed E-state index contributed by atoms with van der Waals surface area (Å²) in [6.07, 6.45) is 0.264. The molecule has 42 heavy (non-hydrogen) atoms. The summed E-state index contributed by atoms with van der Waals surface area (Å²) in [7, 11) is 4.43. The number of pyridine rings is 1. The van der Waals surface area contributed by atoms with E-state index >= 15 is 0 Å². The number of amides is 2. The summed E-state index contributed by atoms with van der Waals surface area (Å²) in [5.41, 5.74) is 1.70. The lowest BCUT2D eigenvalue weighted by Gasteiger charge is -2.32. The zero-order chi connectivity index (χ0) is 30.4. The van der Waals surface area contributed by atoms with E-state index in [4.69, 9.17) is 25.5 Å². The minimum atomic E-state index is -4.81. The molecule has 1 atom stereocenters. The van der Waals surface area contributed by atoms with E-state index in [1.165, 1.54) is 45.7 Å². The summed E-state index contributed by atoms with van der Waals surface area (Å²) in [4.78, 5) is 30.9. The topological polar surface area (TPSA) is 132 Å². The van der Waals surface area contributed by atoms with E-state index in [-0.39, 0.29) is 42.1 Å². The van der Waals surface area contributed by atoms with Gasteiger partial charge in [0.1, 0.15) is 17.5 Å². The fourth-order valence-corrected chi connectivity index (χ4v) is 4.37. The van der Waals surface area contributed by atoms with Crippen molar-refractivity contribution in [1.82, 2.24) is 25.4 Å². The SMILES string of the molecule is CNC(=O)c1ccc(NC(=O)C(CCOC)N2C=C(OC)C(c3cc(Cl)ccc3-c3nnc(C(F)(F)F)o3)=CC2)cn1. The molecule has 0 saturated carbocycles. The summed E-state index contributed by atoms with van der Waals surface area (Å²) in [5.74, 6) is -2.23. The van der Waals surface area contributed by atoms with Crippen LogP contribution in [0.15, 0.2) is 59.0 Å². The second-order valence-electron chi connectivity index (χ2n) is 8.91. The van der Waals surface area contributed by atoms with Crippen LogP contribution in [0.1, 0.15) is 28.4 Å². The molecule has 0 bridgehead atoms. The molecule has 0 aliphatic carbocycles. The average molecular weight is 607 g/mol. The second kappa shape index (κ2) is 13.0. The number of hydrogen-bond donors (Lipinski definition) is 2. The number of carbonyl (C=O) groups is 2. The predicted molar refractivity (Wildman–Crippen MR) is 146 cm³/mol. The Labute approximate surface area is 243 Å². The number of ether oxygens (including phenoxy) is 2. The molecule has 1 unspecified atom stereocenters. The standard InChI is InChI=1S/C27H26ClF3N6O5/c1-32-23(38)20-7-5-16(13-33-20)34-24(39)21(9-11-40-2)37-10-8-17(22(14-37)41-3)19-12-15(28)4-6-18(19)25-35-36-26(42-25)27(29,30)31/h4-8,12-14,21H,9-11H2,1-3H3,(H,32,38)(H,34,39). The summed E-state index contributed by atoms with van der Waals surface area (Å²) in [6, 6.07) is 6.86. The van der Waals surface area contributed by atoms with Crippen molar-refractivity contribution in [2.75, 3.05) is 39.7 Å². The van der Waals surface area contributed by atoms with Gasteiger partial charge in [-0.25, -0.2) is 4.98 Å². The van der Waals surface area contributed by atoms with Crippen LogP contribution >= 0.6 is 11.6 Å². The van der Waals surface area contributed by atoms with Crippen molar-refractivity contribution in [3.8, 4) is 11.5 Å². The Bertz CT molecular complexity index is 1510. The largest absolute Gasteiger partial charge is 0.495 e. The van der Waals surface area contributed by atoms with Gasteiger partial charge in [-0.05, 0) is 35.9 Å². The van der Waals surface area contributed by atoms with Crippen molar-refractivity contribution in [2.24, 2.45) is 0 Å². The highest BCUT2D eigenvalue weighted by Gasteiger charge is 2.38. The molecule has 15 heteroatoms. The monoisotopic (exact) mass is 606 g/mol. The Hall–Kier alpha value is -4.43. The van der Waals surface area contributed by atoms with E-state index in [9.17, 15) is 22.8 Å². The molecule has 2 aromatic heterocycles. The zero-order valence-corrected chi connectivity index (χ0v) is 23.4. The van der Waals surface area contributed by atoms with E-state index in [1.807, 2.05) is 0 Å². The van der Waals surface area contributed by atoms with E-state index in [1.54, 1.807) is 29.3 Å². The first-order valence-corrected chi connectivity index (χ1v) is 12.8. The molecule has 0 radical (unpaired) electrons. The highest BCUT2D eigenvalue weighted by Crippen LogP contribution is 2.38. The number of nitrogens with one attached hydrogen (secondary N) is 2. The van der Waals surface area contributed by atoms with Crippen molar-refractivity contribution < 1.29 is 36.7 Å². The van der Waals surface area contributed by atoms with Gasteiger partial charge in [0.2, 0.25) is 11.8 Å². The molecule has 1 aromatic carbocycles.